The first-order valence-electron chi connectivity index (χ1n) is 13.8. The summed E-state index contributed by atoms with van der Waals surface area (Å²) < 4.78 is 5.34. The van der Waals surface area contributed by atoms with Crippen molar-refractivity contribution >= 4 is 65.7 Å². The second-order valence-electron chi connectivity index (χ2n) is 10.1. The molecular formula is C30H41N7O3S2. The number of aromatic nitrogens is 2. The van der Waals surface area contributed by atoms with Gasteiger partial charge in [-0.05, 0) is 44.4 Å². The number of carbonyl (C=O) groups is 2. The predicted octanol–water partition coefficient (Wildman–Crippen LogP) is 5.01. The maximum Gasteiger partial charge on any atom is 0.407 e. The van der Waals surface area contributed by atoms with Crippen LogP contribution in [0.25, 0.3) is 10.8 Å². The van der Waals surface area contributed by atoms with E-state index in [4.69, 9.17) is 10.5 Å². The van der Waals surface area contributed by atoms with Crippen molar-refractivity contribution in [2.24, 2.45) is 0 Å². The van der Waals surface area contributed by atoms with Crippen molar-refractivity contribution in [2.75, 3.05) is 49.7 Å². The van der Waals surface area contributed by atoms with Crippen molar-refractivity contribution in [1.82, 2.24) is 20.2 Å². The molecule has 10 nitrogen and oxygen atoms in total. The van der Waals surface area contributed by atoms with Crippen LogP contribution in [0.3, 0.4) is 0 Å². The molecule has 0 bridgehead atoms. The van der Waals surface area contributed by atoms with Gasteiger partial charge in [0.2, 0.25) is 6.41 Å². The highest BCUT2D eigenvalue weighted by molar-refractivity contribution is 7.99. The summed E-state index contributed by atoms with van der Waals surface area (Å²) in [6, 6.07) is 12.4. The van der Waals surface area contributed by atoms with Crippen LogP contribution in [0.4, 0.5) is 22.0 Å². The number of nitrogens with one attached hydrogen (secondary N) is 2. The lowest BCUT2D eigenvalue weighted by atomic mass is 10.0. The van der Waals surface area contributed by atoms with Crippen LogP contribution in [0.1, 0.15) is 37.6 Å². The third-order valence-corrected chi connectivity index (χ3v) is 7.38. The van der Waals surface area contributed by atoms with Crippen LogP contribution < -0.4 is 21.3 Å². The Bertz CT molecular complexity index is 1400. The van der Waals surface area contributed by atoms with Gasteiger partial charge in [-0.1, -0.05) is 24.3 Å². The van der Waals surface area contributed by atoms with Gasteiger partial charge >= 0.3 is 6.09 Å². The summed E-state index contributed by atoms with van der Waals surface area (Å²) in [4.78, 5) is 36.4. The van der Waals surface area contributed by atoms with Gasteiger partial charge in [0.1, 0.15) is 11.6 Å². The number of nitrogens with two attached hydrogens (primary N) is 1. The molecule has 1 heterocycles. The summed E-state index contributed by atoms with van der Waals surface area (Å²) in [5, 5.41) is 8.47. The van der Waals surface area contributed by atoms with Gasteiger partial charge in [0.05, 0.1) is 13.2 Å². The van der Waals surface area contributed by atoms with Gasteiger partial charge in [0.25, 0.3) is 0 Å². The van der Waals surface area contributed by atoms with Crippen molar-refractivity contribution in [3.63, 3.8) is 0 Å². The fourth-order valence-electron chi connectivity index (χ4n) is 4.56. The summed E-state index contributed by atoms with van der Waals surface area (Å²) in [6.45, 7) is 4.94. The first kappa shape index (κ1) is 32.9. The number of hydrogen-bond donors (Lipinski definition) is 5. The predicted molar refractivity (Wildman–Crippen MR) is 177 cm³/mol. The Morgan fingerprint density at radius 1 is 1.12 bits per heavy atom. The van der Waals surface area contributed by atoms with Crippen molar-refractivity contribution < 1.29 is 14.3 Å². The summed E-state index contributed by atoms with van der Waals surface area (Å²) in [7, 11) is 4.05. The van der Waals surface area contributed by atoms with E-state index in [9.17, 15) is 9.59 Å². The van der Waals surface area contributed by atoms with E-state index in [2.05, 4.69) is 69.0 Å². The van der Waals surface area contributed by atoms with E-state index in [1.165, 1.54) is 0 Å². The Labute approximate surface area is 258 Å². The zero-order valence-corrected chi connectivity index (χ0v) is 26.4. The van der Waals surface area contributed by atoms with Crippen molar-refractivity contribution in [3.8, 4) is 0 Å². The van der Waals surface area contributed by atoms with Crippen molar-refractivity contribution in [1.29, 1.82) is 0 Å². The molecule has 2 aromatic carbocycles. The van der Waals surface area contributed by atoms with Crippen LogP contribution in [0.5, 0.6) is 0 Å². The van der Waals surface area contributed by atoms with E-state index in [0.717, 1.165) is 39.8 Å². The van der Waals surface area contributed by atoms with Crippen LogP contribution in [0.2, 0.25) is 0 Å². The number of nitrogen functional groups attached to an aromatic ring is 1. The summed E-state index contributed by atoms with van der Waals surface area (Å²) >= 11 is 8.74. The van der Waals surface area contributed by atoms with Gasteiger partial charge in [-0.3, -0.25) is 4.79 Å². The molecule has 226 valence electrons. The average Bonchev–Trinajstić information content (AvgIpc) is 2.96. The molecule has 0 unspecified atom stereocenters. The lowest BCUT2D eigenvalue weighted by molar-refractivity contribution is -0.117. The number of thiol groups is 2. The van der Waals surface area contributed by atoms with Crippen LogP contribution in [-0.4, -0.2) is 65.7 Å². The quantitative estimate of drug-likeness (QED) is 0.0703. The molecule has 3 rings (SSSR count). The van der Waals surface area contributed by atoms with Gasteiger partial charge in [0, 0.05) is 77.8 Å². The van der Waals surface area contributed by atoms with Gasteiger partial charge < -0.3 is 30.9 Å². The highest BCUT2D eigenvalue weighted by Gasteiger charge is 2.15. The highest BCUT2D eigenvalue weighted by Crippen LogP contribution is 2.30. The van der Waals surface area contributed by atoms with E-state index in [1.807, 2.05) is 39.2 Å². The molecule has 0 saturated heterocycles. The number of amides is 2. The lowest BCUT2D eigenvalue weighted by Crippen LogP contribution is -2.29. The number of aryl methyl sites for hydroxylation is 1. The highest BCUT2D eigenvalue weighted by atomic mass is 32.2. The Hall–Kier alpha value is -3.64. The number of fused-ring (bicyclic) bond motifs is 1. The molecule has 0 atom stereocenters. The van der Waals surface area contributed by atoms with E-state index >= 15 is 0 Å². The van der Waals surface area contributed by atoms with E-state index in [1.54, 1.807) is 18.0 Å². The zero-order chi connectivity index (χ0) is 30.6. The van der Waals surface area contributed by atoms with Crippen molar-refractivity contribution in [3.05, 3.63) is 65.3 Å². The third kappa shape index (κ3) is 9.45. The standard InChI is InChI=1S/C30H41N7O3S2/c1-20(37(19-38)18-23-17-34-21(2)35-29(23)31)22(11-12-28(41)42)13-16-40-30(39)33-15-14-32-26-9-5-8-25-24(26)7-6-10-27(25)36(3)4/h5-10,17,19,28,32,41-42H,11-16,18H2,1-4H3,(H,33,39)(H2,31,34,35). The van der Waals surface area contributed by atoms with E-state index in [0.29, 0.717) is 49.6 Å². The topological polar surface area (TPSA) is 126 Å². The molecule has 0 spiro atoms. The minimum Gasteiger partial charge on any atom is -0.449 e. The fraction of sp³-hybridized carbons (Fsp3) is 0.400. The number of alkyl carbamates (subject to hydrolysis) is 1. The lowest BCUT2D eigenvalue weighted by Gasteiger charge is -2.23. The minimum absolute atomic E-state index is 0.119. The molecule has 0 fully saturated rings. The van der Waals surface area contributed by atoms with Crippen LogP contribution in [0.15, 0.2) is 53.9 Å². The SMILES string of the molecule is CC(=C(CCOC(=O)NCCNc1cccc2c(N(C)C)cccc12)CCC(S)S)N(C=O)Cc1cnc(C)nc1N. The number of allylic oxidation sites excluding steroid dienone is 1. The summed E-state index contributed by atoms with van der Waals surface area (Å²) in [5.74, 6) is 0.900. The fourth-order valence-corrected chi connectivity index (χ4v) is 4.82. The normalized spacial score (nSPS) is 11.7. The van der Waals surface area contributed by atoms with Crippen LogP contribution in [0, 0.1) is 6.92 Å². The molecule has 2 amide bonds. The molecule has 1 aromatic heterocycles. The van der Waals surface area contributed by atoms with Gasteiger partial charge in [-0.15, -0.1) is 0 Å². The molecule has 12 heteroatoms. The molecule has 0 aliphatic heterocycles. The van der Waals surface area contributed by atoms with Crippen LogP contribution >= 0.6 is 25.3 Å². The zero-order valence-electron chi connectivity index (χ0n) is 24.6. The molecule has 3 aromatic rings. The molecule has 0 aliphatic rings. The van der Waals surface area contributed by atoms with Crippen molar-refractivity contribution in [2.45, 2.75) is 44.2 Å². The molecule has 0 saturated carbocycles. The Kier molecular flexibility index (Phi) is 12.6. The smallest absolute Gasteiger partial charge is 0.407 e. The van der Waals surface area contributed by atoms with Gasteiger partial charge in [-0.25, -0.2) is 14.8 Å². The molecule has 0 aliphatic carbocycles. The first-order chi connectivity index (χ1) is 20.1. The number of ether oxygens (including phenoxy) is 1. The van der Waals surface area contributed by atoms with Gasteiger partial charge in [-0.2, -0.15) is 25.3 Å². The number of anilines is 3. The largest absolute Gasteiger partial charge is 0.449 e. The van der Waals surface area contributed by atoms with E-state index < -0.39 is 6.09 Å². The van der Waals surface area contributed by atoms with Gasteiger partial charge in [0.15, 0.2) is 0 Å². The first-order valence-corrected chi connectivity index (χ1v) is 14.8. The minimum atomic E-state index is -0.500. The number of carbonyl (C=O) groups excluding carboxylic acids is 2. The summed E-state index contributed by atoms with van der Waals surface area (Å²) in [5.41, 5.74) is 10.6. The Balaban J connectivity index is 1.54. The maximum absolute atomic E-state index is 12.4. The average molecular weight is 612 g/mol. The Morgan fingerprint density at radius 2 is 1.86 bits per heavy atom. The number of nitrogens with zero attached hydrogens (tertiary/aromatic N) is 4. The van der Waals surface area contributed by atoms with Crippen LogP contribution in [-0.2, 0) is 16.1 Å². The number of benzene rings is 2. The summed E-state index contributed by atoms with van der Waals surface area (Å²) in [6.07, 6.45) is 3.67. The monoisotopic (exact) mass is 611 g/mol. The van der Waals surface area contributed by atoms with E-state index in [-0.39, 0.29) is 17.7 Å². The molecule has 4 N–H and O–H groups in total. The third-order valence-electron chi connectivity index (χ3n) is 6.86. The second kappa shape index (κ2) is 16.1. The number of hydrogen-bond acceptors (Lipinski definition) is 10. The Morgan fingerprint density at radius 3 is 2.55 bits per heavy atom. The molecular weight excluding hydrogens is 571 g/mol. The maximum atomic E-state index is 12.4. The molecule has 0 radical (unpaired) electrons. The molecule has 42 heavy (non-hydrogen) atoms. The number of rotatable bonds is 15. The second-order valence-corrected chi connectivity index (χ2v) is 11.7.